The molecule has 3 heterocycles. The lowest BCUT2D eigenvalue weighted by Gasteiger charge is -2.14. The zero-order chi connectivity index (χ0) is 21.3. The third kappa shape index (κ3) is 3.92. The van der Waals surface area contributed by atoms with Gasteiger partial charge in [-0.2, -0.15) is 0 Å². The van der Waals surface area contributed by atoms with Crippen molar-refractivity contribution in [2.75, 3.05) is 13.6 Å². The van der Waals surface area contributed by atoms with E-state index in [2.05, 4.69) is 16.5 Å². The van der Waals surface area contributed by atoms with Gasteiger partial charge in [0.2, 0.25) is 0 Å². The molecule has 6 nitrogen and oxygen atoms in total. The van der Waals surface area contributed by atoms with Gasteiger partial charge >= 0.3 is 0 Å². The summed E-state index contributed by atoms with van der Waals surface area (Å²) in [7, 11) is 1.73. The summed E-state index contributed by atoms with van der Waals surface area (Å²) in [6, 6.07) is 9.54. The Labute approximate surface area is 196 Å². The first kappa shape index (κ1) is 21.1. The predicted molar refractivity (Wildman–Crippen MR) is 131 cm³/mol. The van der Waals surface area contributed by atoms with Gasteiger partial charge in [0, 0.05) is 48.5 Å². The average molecular weight is 551 g/mol. The second kappa shape index (κ2) is 8.93. The highest BCUT2D eigenvalue weighted by atomic mass is 127. The van der Waals surface area contributed by atoms with E-state index in [0.29, 0.717) is 22.8 Å². The van der Waals surface area contributed by atoms with Gasteiger partial charge in [-0.05, 0) is 29.8 Å². The normalized spacial score (nSPS) is 11.2. The molecule has 30 heavy (non-hydrogen) atoms. The Morgan fingerprint density at radius 2 is 2.17 bits per heavy atom. The number of likely N-dealkylation sites (N-methyl/N-ethyl adjacent to an activating group) is 1. The van der Waals surface area contributed by atoms with Gasteiger partial charge < -0.3 is 4.90 Å². The van der Waals surface area contributed by atoms with E-state index in [1.165, 1.54) is 0 Å². The fourth-order valence-electron chi connectivity index (χ4n) is 3.29. The highest BCUT2D eigenvalue weighted by molar-refractivity contribution is 14.1. The number of amides is 1. The third-order valence-corrected chi connectivity index (χ3v) is 6.02. The second-order valence-corrected chi connectivity index (χ2v) is 8.75. The van der Waals surface area contributed by atoms with E-state index in [4.69, 9.17) is 14.1 Å². The van der Waals surface area contributed by atoms with E-state index in [1.54, 1.807) is 36.5 Å². The lowest BCUT2D eigenvalue weighted by Crippen LogP contribution is -2.26. The summed E-state index contributed by atoms with van der Waals surface area (Å²) >= 11 is 9.35. The molecule has 0 radical (unpaired) electrons. The van der Waals surface area contributed by atoms with Crippen LogP contribution in [0, 0.1) is 0 Å². The lowest BCUT2D eigenvalue weighted by molar-refractivity contribution is 0.0810. The number of fused-ring (bicyclic) bond motifs is 2. The Kier molecular flexibility index (Phi) is 6.28. The van der Waals surface area contributed by atoms with Crippen molar-refractivity contribution in [2.45, 2.75) is 0 Å². The lowest BCUT2D eigenvalue weighted by atomic mass is 10.0. The summed E-state index contributed by atoms with van der Waals surface area (Å²) < 4.78 is 7.04. The van der Waals surface area contributed by atoms with Crippen molar-refractivity contribution in [2.24, 2.45) is 0 Å². The summed E-state index contributed by atoms with van der Waals surface area (Å²) in [5, 5.41) is 2.34. The molecule has 0 saturated heterocycles. The Balaban J connectivity index is 1.90. The number of nitrogens with zero attached hydrogens (tertiary/aromatic N) is 4. The number of pyridine rings is 2. The van der Waals surface area contributed by atoms with Crippen molar-refractivity contribution in [3.8, 4) is 11.1 Å². The van der Waals surface area contributed by atoms with E-state index < -0.39 is 0 Å². The van der Waals surface area contributed by atoms with Gasteiger partial charge in [-0.1, -0.05) is 23.7 Å². The molecular formula is C21H16ClIN4O2S. The summed E-state index contributed by atoms with van der Waals surface area (Å²) in [4.78, 5) is 23.2. The number of benzene rings is 1. The van der Waals surface area contributed by atoms with Crippen molar-refractivity contribution in [1.29, 1.82) is 0 Å². The molecule has 1 amide bonds. The average Bonchev–Trinajstić information content (AvgIpc) is 3.11. The van der Waals surface area contributed by atoms with Crippen LogP contribution in [-0.4, -0.2) is 38.3 Å². The van der Waals surface area contributed by atoms with Crippen LogP contribution in [0.5, 0.6) is 0 Å². The molecule has 0 fully saturated rings. The first-order chi connectivity index (χ1) is 14.5. The number of hydrogen-bond donors (Lipinski definition) is 0. The molecule has 4 rings (SSSR count). The minimum Gasteiger partial charge on any atom is -0.338 e. The standard InChI is InChI=1S/C21H16ClIN4O2S/c1-3-8-26(2)21(28)14-10-15-17(12-27(30-29-23)20(15)25-11-14)13-4-5-19-16(9-13)18(22)6-7-24-19/h3-7,9-12H,1,8H2,2H3. The van der Waals surface area contributed by atoms with Gasteiger partial charge in [0.05, 0.1) is 16.1 Å². The molecule has 152 valence electrons. The Hall–Kier alpha value is -2.14. The van der Waals surface area contributed by atoms with E-state index >= 15 is 0 Å². The van der Waals surface area contributed by atoms with E-state index in [9.17, 15) is 4.79 Å². The molecule has 0 saturated carbocycles. The van der Waals surface area contributed by atoms with Crippen molar-refractivity contribution in [1.82, 2.24) is 18.8 Å². The monoisotopic (exact) mass is 550 g/mol. The summed E-state index contributed by atoms with van der Waals surface area (Å²) in [5.41, 5.74) is 3.89. The van der Waals surface area contributed by atoms with Crippen LogP contribution in [0.25, 0.3) is 33.1 Å². The smallest absolute Gasteiger partial charge is 0.255 e. The van der Waals surface area contributed by atoms with Gasteiger partial charge in [-0.3, -0.25) is 13.8 Å². The molecule has 0 spiro atoms. The van der Waals surface area contributed by atoms with Gasteiger partial charge in [0.15, 0.2) is 5.65 Å². The fourth-order valence-corrected chi connectivity index (χ4v) is 4.44. The van der Waals surface area contributed by atoms with Gasteiger partial charge in [0.25, 0.3) is 5.91 Å². The number of aromatic nitrogens is 3. The van der Waals surface area contributed by atoms with Gasteiger partial charge in [-0.15, -0.1) is 6.58 Å². The molecule has 1 aromatic carbocycles. The van der Waals surface area contributed by atoms with Crippen LogP contribution in [-0.2, 0) is 2.51 Å². The SMILES string of the molecule is C=CCN(C)C(=O)c1cnc2c(c1)c(-c1ccc3nccc(Cl)c3c1)cn2SOI. The Morgan fingerprint density at radius 1 is 1.33 bits per heavy atom. The molecule has 0 atom stereocenters. The molecule has 0 aliphatic rings. The van der Waals surface area contributed by atoms with E-state index in [0.717, 1.165) is 39.6 Å². The largest absolute Gasteiger partial charge is 0.338 e. The van der Waals surface area contributed by atoms with Crippen molar-refractivity contribution < 1.29 is 7.31 Å². The molecule has 4 aromatic rings. The Bertz CT molecular complexity index is 1280. The molecule has 9 heteroatoms. The maximum absolute atomic E-state index is 12.8. The Morgan fingerprint density at radius 3 is 2.93 bits per heavy atom. The fraction of sp³-hybridized carbons (Fsp3) is 0.0952. The van der Waals surface area contributed by atoms with Crippen molar-refractivity contribution in [3.63, 3.8) is 0 Å². The predicted octanol–water partition coefficient (Wildman–Crippen LogP) is 5.94. The van der Waals surface area contributed by atoms with Crippen LogP contribution >= 0.6 is 46.8 Å². The minimum atomic E-state index is -0.119. The van der Waals surface area contributed by atoms with E-state index in [1.807, 2.05) is 57.4 Å². The van der Waals surface area contributed by atoms with Gasteiger partial charge in [0.1, 0.15) is 35.2 Å². The molecular weight excluding hydrogens is 535 g/mol. The van der Waals surface area contributed by atoms with Gasteiger partial charge in [-0.25, -0.2) is 7.50 Å². The zero-order valence-electron chi connectivity index (χ0n) is 15.9. The van der Waals surface area contributed by atoms with Crippen LogP contribution in [0.1, 0.15) is 10.4 Å². The first-order valence-corrected chi connectivity index (χ1v) is 10.9. The van der Waals surface area contributed by atoms with Crippen molar-refractivity contribution >= 4 is 74.7 Å². The maximum Gasteiger partial charge on any atom is 0.255 e. The maximum atomic E-state index is 12.8. The van der Waals surface area contributed by atoms with Crippen LogP contribution < -0.4 is 0 Å². The molecule has 0 aliphatic heterocycles. The van der Waals surface area contributed by atoms with Crippen LogP contribution in [0.3, 0.4) is 0 Å². The molecule has 0 aliphatic carbocycles. The highest BCUT2D eigenvalue weighted by Crippen LogP contribution is 2.35. The van der Waals surface area contributed by atoms with Crippen molar-refractivity contribution in [3.05, 3.63) is 72.2 Å². The highest BCUT2D eigenvalue weighted by Gasteiger charge is 2.18. The summed E-state index contributed by atoms with van der Waals surface area (Å²) in [6.45, 7) is 4.15. The van der Waals surface area contributed by atoms with E-state index in [-0.39, 0.29) is 5.91 Å². The first-order valence-electron chi connectivity index (χ1n) is 8.91. The number of carbonyl (C=O) groups is 1. The van der Waals surface area contributed by atoms with Crippen LogP contribution in [0.15, 0.2) is 61.6 Å². The molecule has 0 N–H and O–H groups in total. The minimum absolute atomic E-state index is 0.119. The molecule has 0 unspecified atom stereocenters. The molecule has 3 aromatic heterocycles. The number of rotatable bonds is 6. The third-order valence-electron chi connectivity index (χ3n) is 4.72. The topological polar surface area (TPSA) is 60.2 Å². The summed E-state index contributed by atoms with van der Waals surface area (Å²) in [6.07, 6.45) is 6.90. The second-order valence-electron chi connectivity index (χ2n) is 6.60. The number of carbonyl (C=O) groups excluding carboxylic acids is 1. The molecule has 0 bridgehead atoms. The van der Waals surface area contributed by atoms with Crippen LogP contribution in [0.2, 0.25) is 5.02 Å². The van der Waals surface area contributed by atoms with Crippen LogP contribution in [0.4, 0.5) is 0 Å². The quantitative estimate of drug-likeness (QED) is 0.169. The number of halogens is 2. The number of hydrogen-bond acceptors (Lipinski definition) is 5. The zero-order valence-corrected chi connectivity index (χ0v) is 19.6. The summed E-state index contributed by atoms with van der Waals surface area (Å²) in [5.74, 6) is -0.119.